The van der Waals surface area contributed by atoms with Gasteiger partial charge in [0, 0.05) is 41.4 Å². The molecule has 0 saturated heterocycles. The Kier molecular flexibility index (Phi) is 9.36. The van der Waals surface area contributed by atoms with Gasteiger partial charge >= 0.3 is 0 Å². The second-order valence-electron chi connectivity index (χ2n) is 6.36. The summed E-state index contributed by atoms with van der Waals surface area (Å²) < 4.78 is 5.30. The predicted octanol–water partition coefficient (Wildman–Crippen LogP) is 4.96. The molecule has 0 aliphatic carbocycles. The normalized spacial score (nSPS) is 14.9. The predicted molar refractivity (Wildman–Crippen MR) is 114 cm³/mol. The maximum absolute atomic E-state index is 12.6. The van der Waals surface area contributed by atoms with E-state index in [4.69, 9.17) is 9.73 Å². The Bertz CT molecular complexity index is 710. The number of hydrogen-bond donors (Lipinski definition) is 1. The summed E-state index contributed by atoms with van der Waals surface area (Å²) in [5.41, 5.74) is 3.28. The van der Waals surface area contributed by atoms with Gasteiger partial charge in [0.05, 0.1) is 12.5 Å². The van der Waals surface area contributed by atoms with Gasteiger partial charge in [0.1, 0.15) is 0 Å². The summed E-state index contributed by atoms with van der Waals surface area (Å²) in [4.78, 5) is 18.7. The van der Waals surface area contributed by atoms with Crippen LogP contribution in [-0.4, -0.2) is 31.4 Å². The smallest absolute Gasteiger partial charge is 0.227 e. The first-order chi connectivity index (χ1) is 13.2. The van der Waals surface area contributed by atoms with E-state index in [-0.39, 0.29) is 11.8 Å². The van der Waals surface area contributed by atoms with Gasteiger partial charge in [-0.15, -0.1) is 0 Å². The number of fused-ring (bicyclic) bond motifs is 1. The van der Waals surface area contributed by atoms with Crippen LogP contribution in [0.3, 0.4) is 0 Å². The third-order valence-corrected chi connectivity index (χ3v) is 5.23. The Morgan fingerprint density at radius 2 is 2.15 bits per heavy atom. The second-order valence-corrected chi connectivity index (χ2v) is 7.27. The minimum absolute atomic E-state index is 0.0210. The first-order valence-electron chi connectivity index (χ1n) is 9.70. The molecule has 2 rings (SSSR count). The molecule has 4 nitrogen and oxygen atoms in total. The van der Waals surface area contributed by atoms with Crippen LogP contribution in [-0.2, 0) is 9.53 Å². The number of ether oxygens (including phenoxy) is 1. The molecule has 5 heteroatoms. The van der Waals surface area contributed by atoms with Crippen molar-refractivity contribution in [3.8, 4) is 0 Å². The number of thioether (sulfide) groups is 1. The summed E-state index contributed by atoms with van der Waals surface area (Å²) >= 11 is 1.69. The van der Waals surface area contributed by atoms with E-state index < -0.39 is 0 Å². The molecule has 1 atom stereocenters. The van der Waals surface area contributed by atoms with Crippen molar-refractivity contribution in [1.82, 2.24) is 5.32 Å². The van der Waals surface area contributed by atoms with Crippen LogP contribution >= 0.6 is 11.8 Å². The number of hydrogen-bond acceptors (Lipinski definition) is 4. The van der Waals surface area contributed by atoms with E-state index in [0.29, 0.717) is 26.2 Å². The lowest BCUT2D eigenvalue weighted by Gasteiger charge is -2.14. The minimum atomic E-state index is -0.226. The third kappa shape index (κ3) is 6.67. The number of amides is 1. The fourth-order valence-electron chi connectivity index (χ4n) is 2.95. The molecule has 1 unspecified atom stereocenters. The first kappa shape index (κ1) is 21.5. The van der Waals surface area contributed by atoms with Gasteiger partial charge in [0.2, 0.25) is 5.91 Å². The van der Waals surface area contributed by atoms with Crippen LogP contribution in [0, 0.1) is 5.92 Å². The number of carbonyl (C=O) groups is 1. The number of nitrogens with one attached hydrogen (secondary N) is 1. The molecule has 1 amide bonds. The Morgan fingerprint density at radius 1 is 1.33 bits per heavy atom. The summed E-state index contributed by atoms with van der Waals surface area (Å²) in [7, 11) is 0. The summed E-state index contributed by atoms with van der Waals surface area (Å²) in [6, 6.07) is 8.39. The molecule has 0 saturated carbocycles. The summed E-state index contributed by atoms with van der Waals surface area (Å²) in [5.74, 6) is -0.205. The van der Waals surface area contributed by atoms with Crippen molar-refractivity contribution in [2.75, 3.05) is 19.8 Å². The molecule has 1 aromatic carbocycles. The molecule has 27 heavy (non-hydrogen) atoms. The van der Waals surface area contributed by atoms with Gasteiger partial charge < -0.3 is 10.1 Å². The van der Waals surface area contributed by atoms with Crippen molar-refractivity contribution in [1.29, 1.82) is 0 Å². The van der Waals surface area contributed by atoms with E-state index in [1.54, 1.807) is 11.8 Å². The van der Waals surface area contributed by atoms with Crippen LogP contribution in [0.1, 0.15) is 45.6 Å². The molecule has 146 valence electrons. The number of aliphatic imine (C=N–C) groups is 1. The molecule has 1 heterocycles. The van der Waals surface area contributed by atoms with Gasteiger partial charge in [-0.3, -0.25) is 9.79 Å². The Morgan fingerprint density at radius 3 is 2.89 bits per heavy atom. The maximum atomic E-state index is 12.6. The Labute approximate surface area is 167 Å². The van der Waals surface area contributed by atoms with E-state index in [9.17, 15) is 4.79 Å². The SMILES string of the molecule is C/C=C\C(CC1=CSc2ccccc2C(CCC)=N1)C(=O)NCCOCC. The Balaban J connectivity index is 2.13. The summed E-state index contributed by atoms with van der Waals surface area (Å²) in [6.45, 7) is 7.79. The number of rotatable bonds is 10. The van der Waals surface area contributed by atoms with Gasteiger partial charge in [0.25, 0.3) is 0 Å². The zero-order chi connectivity index (χ0) is 19.5. The molecule has 0 spiro atoms. The molecule has 1 aromatic rings. The van der Waals surface area contributed by atoms with Crippen molar-refractivity contribution < 1.29 is 9.53 Å². The average Bonchev–Trinajstić information content (AvgIpc) is 2.85. The van der Waals surface area contributed by atoms with Crippen molar-refractivity contribution in [2.24, 2.45) is 10.9 Å². The largest absolute Gasteiger partial charge is 0.380 e. The molecular formula is C22H30N2O2S. The van der Waals surface area contributed by atoms with Crippen molar-refractivity contribution in [3.05, 3.63) is 53.1 Å². The van der Waals surface area contributed by atoms with Crippen LogP contribution < -0.4 is 5.32 Å². The molecule has 0 fully saturated rings. The van der Waals surface area contributed by atoms with E-state index in [1.165, 1.54) is 10.5 Å². The molecule has 0 aromatic heterocycles. The van der Waals surface area contributed by atoms with Crippen LogP contribution in [0.25, 0.3) is 0 Å². The molecule has 1 N–H and O–H groups in total. The van der Waals surface area contributed by atoms with Crippen molar-refractivity contribution in [2.45, 2.75) is 44.9 Å². The summed E-state index contributed by atoms with van der Waals surface area (Å²) in [5, 5.41) is 5.05. The van der Waals surface area contributed by atoms with Crippen LogP contribution in [0.15, 0.2) is 57.4 Å². The fourth-order valence-corrected chi connectivity index (χ4v) is 3.83. The lowest BCUT2D eigenvalue weighted by atomic mass is 10.0. The lowest BCUT2D eigenvalue weighted by molar-refractivity contribution is -0.123. The number of carbonyl (C=O) groups excluding carboxylic acids is 1. The lowest BCUT2D eigenvalue weighted by Crippen LogP contribution is -2.32. The number of nitrogens with zero attached hydrogens (tertiary/aromatic N) is 1. The molecule has 0 bridgehead atoms. The van der Waals surface area contributed by atoms with Crippen molar-refractivity contribution in [3.63, 3.8) is 0 Å². The highest BCUT2D eigenvalue weighted by Gasteiger charge is 2.19. The van der Waals surface area contributed by atoms with E-state index in [0.717, 1.165) is 24.3 Å². The van der Waals surface area contributed by atoms with Gasteiger partial charge in [-0.25, -0.2) is 0 Å². The van der Waals surface area contributed by atoms with Crippen LogP contribution in [0.2, 0.25) is 0 Å². The minimum Gasteiger partial charge on any atom is -0.380 e. The third-order valence-electron chi connectivity index (χ3n) is 4.23. The number of allylic oxidation sites excluding steroid dienone is 2. The molecule has 1 aliphatic heterocycles. The van der Waals surface area contributed by atoms with Crippen molar-refractivity contribution >= 4 is 23.4 Å². The zero-order valence-corrected chi connectivity index (χ0v) is 17.3. The average molecular weight is 387 g/mol. The first-order valence-corrected chi connectivity index (χ1v) is 10.6. The monoisotopic (exact) mass is 386 g/mol. The molecule has 0 radical (unpaired) electrons. The second kappa shape index (κ2) is 11.8. The van der Waals surface area contributed by atoms with Gasteiger partial charge in [-0.1, -0.05) is 55.5 Å². The van der Waals surface area contributed by atoms with Gasteiger partial charge in [0.15, 0.2) is 0 Å². The fraction of sp³-hybridized carbons (Fsp3) is 0.455. The van der Waals surface area contributed by atoms with E-state index >= 15 is 0 Å². The van der Waals surface area contributed by atoms with Gasteiger partial charge in [-0.2, -0.15) is 0 Å². The van der Waals surface area contributed by atoms with Gasteiger partial charge in [-0.05, 0) is 31.7 Å². The maximum Gasteiger partial charge on any atom is 0.227 e. The highest BCUT2D eigenvalue weighted by molar-refractivity contribution is 8.02. The Hall–Kier alpha value is -1.85. The van der Waals surface area contributed by atoms with Crippen LogP contribution in [0.4, 0.5) is 0 Å². The standard InChI is InChI=1S/C22H30N2O2S/c1-4-9-17(22(25)23-13-14-26-6-3)15-18-16-27-21-12-8-7-11-19(21)20(24-18)10-5-2/h4,7-9,11-12,16-17H,5-6,10,13-15H2,1-3H3,(H,23,25)/b9-4-. The molecule has 1 aliphatic rings. The van der Waals surface area contributed by atoms with E-state index in [1.807, 2.05) is 26.0 Å². The van der Waals surface area contributed by atoms with E-state index in [2.05, 4.69) is 41.9 Å². The quantitative estimate of drug-likeness (QED) is 0.457. The zero-order valence-electron chi connectivity index (χ0n) is 16.5. The topological polar surface area (TPSA) is 50.7 Å². The van der Waals surface area contributed by atoms with Crippen LogP contribution in [0.5, 0.6) is 0 Å². The number of benzene rings is 1. The summed E-state index contributed by atoms with van der Waals surface area (Å²) in [6.07, 6.45) is 6.46. The highest BCUT2D eigenvalue weighted by atomic mass is 32.2. The highest BCUT2D eigenvalue weighted by Crippen LogP contribution is 2.32. The molecular weight excluding hydrogens is 356 g/mol.